The molecular formula is C28H37N3O3S. The topological polar surface area (TPSA) is 61.9 Å². The van der Waals surface area contributed by atoms with E-state index in [1.54, 1.807) is 11.8 Å². The van der Waals surface area contributed by atoms with Crippen molar-refractivity contribution in [3.8, 4) is 0 Å². The number of esters is 1. The third kappa shape index (κ3) is 5.84. The molecule has 2 unspecified atom stereocenters. The van der Waals surface area contributed by atoms with Gasteiger partial charge in [-0.2, -0.15) is 0 Å². The van der Waals surface area contributed by atoms with E-state index in [1.807, 2.05) is 12.1 Å². The monoisotopic (exact) mass is 495 g/mol. The highest BCUT2D eigenvalue weighted by Gasteiger charge is 2.37. The Labute approximate surface area is 213 Å². The summed E-state index contributed by atoms with van der Waals surface area (Å²) < 4.78 is 5.43. The van der Waals surface area contributed by atoms with Crippen molar-refractivity contribution in [3.05, 3.63) is 48.0 Å². The van der Waals surface area contributed by atoms with Crippen LogP contribution in [0, 0.1) is 5.92 Å². The van der Waals surface area contributed by atoms with Crippen molar-refractivity contribution in [1.82, 2.24) is 10.2 Å². The zero-order valence-electron chi connectivity index (χ0n) is 21.3. The molecule has 188 valence electrons. The average molecular weight is 496 g/mol. The second-order valence-electron chi connectivity index (χ2n) is 9.79. The Morgan fingerprint density at radius 3 is 2.66 bits per heavy atom. The molecule has 7 heteroatoms. The third-order valence-corrected chi connectivity index (χ3v) is 7.91. The van der Waals surface area contributed by atoms with Gasteiger partial charge in [0.05, 0.1) is 17.5 Å². The smallest absolute Gasteiger partial charge is 0.302 e. The van der Waals surface area contributed by atoms with E-state index < -0.39 is 0 Å². The number of ether oxygens (including phenoxy) is 1. The molecule has 2 aromatic rings. The van der Waals surface area contributed by atoms with E-state index in [9.17, 15) is 9.59 Å². The molecule has 0 saturated carbocycles. The predicted octanol–water partition coefficient (Wildman–Crippen LogP) is 5.83. The average Bonchev–Trinajstić information content (AvgIpc) is 3.30. The maximum absolute atomic E-state index is 13.0. The molecule has 2 aliphatic rings. The van der Waals surface area contributed by atoms with E-state index in [4.69, 9.17) is 4.74 Å². The molecule has 2 aliphatic heterocycles. The molecule has 1 N–H and O–H groups in total. The molecule has 1 fully saturated rings. The first-order chi connectivity index (χ1) is 16.9. The fourth-order valence-electron chi connectivity index (χ4n) is 5.03. The van der Waals surface area contributed by atoms with Crippen LogP contribution in [-0.2, 0) is 9.53 Å². The number of para-hydroxylation sites is 1. The van der Waals surface area contributed by atoms with Gasteiger partial charge in [0.15, 0.2) is 0 Å². The van der Waals surface area contributed by atoms with Crippen LogP contribution in [0.25, 0.3) is 0 Å². The fourth-order valence-corrected chi connectivity index (χ4v) is 6.08. The zero-order valence-corrected chi connectivity index (χ0v) is 22.1. The normalized spacial score (nSPS) is 18.2. The van der Waals surface area contributed by atoms with Crippen LogP contribution in [0.2, 0.25) is 0 Å². The molecule has 1 amide bonds. The number of fused-ring (bicyclic) bond motifs is 2. The lowest BCUT2D eigenvalue weighted by Crippen LogP contribution is -2.50. The second-order valence-corrected chi connectivity index (χ2v) is 10.9. The van der Waals surface area contributed by atoms with E-state index in [0.29, 0.717) is 24.6 Å². The molecule has 4 rings (SSSR count). The Balaban J connectivity index is 1.68. The van der Waals surface area contributed by atoms with Crippen molar-refractivity contribution in [2.45, 2.75) is 75.4 Å². The molecule has 0 spiro atoms. The summed E-state index contributed by atoms with van der Waals surface area (Å²) in [7, 11) is 0. The van der Waals surface area contributed by atoms with E-state index in [-0.39, 0.29) is 24.1 Å². The van der Waals surface area contributed by atoms with Crippen LogP contribution in [0.15, 0.2) is 52.3 Å². The van der Waals surface area contributed by atoms with Crippen molar-refractivity contribution in [1.29, 1.82) is 0 Å². The molecule has 2 atom stereocenters. The fraction of sp³-hybridized carbons (Fsp3) is 0.500. The van der Waals surface area contributed by atoms with Gasteiger partial charge >= 0.3 is 5.97 Å². The number of hydrogen-bond acceptors (Lipinski definition) is 6. The number of carbonyl (C=O) groups is 2. The number of likely N-dealkylation sites (tertiary alicyclic amines) is 1. The van der Waals surface area contributed by atoms with Crippen molar-refractivity contribution < 1.29 is 14.3 Å². The Hall–Kier alpha value is -2.51. The maximum Gasteiger partial charge on any atom is 0.302 e. The van der Waals surface area contributed by atoms with Gasteiger partial charge in [-0.1, -0.05) is 44.7 Å². The SMILES string of the molecule is CCC(N1c2ccccc2Sc2ccc(C(=O)NCCC(C)C)cc21)N1CCCC1COC(C)=O. The number of carbonyl (C=O) groups excluding carboxylic acids is 2. The molecule has 2 heterocycles. The first-order valence-electron chi connectivity index (χ1n) is 12.8. The largest absolute Gasteiger partial charge is 0.464 e. The lowest BCUT2D eigenvalue weighted by molar-refractivity contribution is -0.142. The standard InChI is InChI=1S/C28H37N3O3S/c1-5-27(30-16-8-9-22(30)18-34-20(4)32)31-23-10-6-7-11-25(23)35-26-13-12-21(17-24(26)31)28(33)29-15-14-19(2)3/h6-7,10-13,17,19,22,27H,5,8-9,14-16,18H2,1-4H3,(H,29,33). The lowest BCUT2D eigenvalue weighted by Gasteiger charge is -2.44. The number of nitrogens with one attached hydrogen (secondary N) is 1. The molecule has 2 aromatic carbocycles. The lowest BCUT2D eigenvalue weighted by atomic mass is 10.1. The van der Waals surface area contributed by atoms with Crippen LogP contribution >= 0.6 is 11.8 Å². The van der Waals surface area contributed by atoms with Gasteiger partial charge in [-0.3, -0.25) is 14.5 Å². The molecule has 0 aliphatic carbocycles. The van der Waals surface area contributed by atoms with Gasteiger partial charge < -0.3 is 15.0 Å². The van der Waals surface area contributed by atoms with Crippen LogP contribution < -0.4 is 10.2 Å². The van der Waals surface area contributed by atoms with Gasteiger partial charge in [0.1, 0.15) is 6.61 Å². The van der Waals surface area contributed by atoms with Crippen LogP contribution in [0.3, 0.4) is 0 Å². The quantitative estimate of drug-likeness (QED) is 0.442. The molecular weight excluding hydrogens is 458 g/mol. The number of anilines is 2. The Bertz CT molecular complexity index is 1060. The first-order valence-corrected chi connectivity index (χ1v) is 13.6. The predicted molar refractivity (Wildman–Crippen MR) is 141 cm³/mol. The minimum Gasteiger partial charge on any atom is -0.464 e. The zero-order chi connectivity index (χ0) is 24.9. The number of hydrogen-bond donors (Lipinski definition) is 1. The van der Waals surface area contributed by atoms with Crippen LogP contribution in [0.4, 0.5) is 11.4 Å². The first kappa shape index (κ1) is 25.6. The van der Waals surface area contributed by atoms with E-state index in [2.05, 4.69) is 66.2 Å². The number of rotatable bonds is 9. The van der Waals surface area contributed by atoms with Crippen molar-refractivity contribution in [2.24, 2.45) is 5.92 Å². The highest BCUT2D eigenvalue weighted by Crippen LogP contribution is 2.50. The van der Waals surface area contributed by atoms with Gasteiger partial charge in [-0.15, -0.1) is 0 Å². The van der Waals surface area contributed by atoms with Crippen molar-refractivity contribution in [2.75, 3.05) is 24.6 Å². The van der Waals surface area contributed by atoms with Crippen molar-refractivity contribution in [3.63, 3.8) is 0 Å². The Kier molecular flexibility index (Phi) is 8.39. The molecule has 0 aromatic heterocycles. The maximum atomic E-state index is 13.0. The summed E-state index contributed by atoms with van der Waals surface area (Å²) in [6.45, 7) is 10.1. The van der Waals surface area contributed by atoms with Gasteiger partial charge in [-0.25, -0.2) is 0 Å². The Morgan fingerprint density at radius 2 is 1.91 bits per heavy atom. The number of nitrogens with zero attached hydrogens (tertiary/aromatic N) is 2. The van der Waals surface area contributed by atoms with Gasteiger partial charge in [0, 0.05) is 41.4 Å². The van der Waals surface area contributed by atoms with Gasteiger partial charge in [0.2, 0.25) is 0 Å². The molecule has 6 nitrogen and oxygen atoms in total. The minimum absolute atomic E-state index is 0.0285. The summed E-state index contributed by atoms with van der Waals surface area (Å²) in [5.41, 5.74) is 2.91. The van der Waals surface area contributed by atoms with Gasteiger partial charge in [0.25, 0.3) is 5.91 Å². The molecule has 0 radical (unpaired) electrons. The highest BCUT2D eigenvalue weighted by atomic mass is 32.2. The molecule has 0 bridgehead atoms. The van der Waals surface area contributed by atoms with Crippen molar-refractivity contribution >= 4 is 35.0 Å². The summed E-state index contributed by atoms with van der Waals surface area (Å²) in [6.07, 6.45) is 4.05. The van der Waals surface area contributed by atoms with E-state index >= 15 is 0 Å². The second kappa shape index (κ2) is 11.5. The summed E-state index contributed by atoms with van der Waals surface area (Å²) >= 11 is 1.75. The molecule has 1 saturated heterocycles. The van der Waals surface area contributed by atoms with E-state index in [1.165, 1.54) is 11.8 Å². The summed E-state index contributed by atoms with van der Waals surface area (Å²) in [4.78, 5) is 31.7. The van der Waals surface area contributed by atoms with Crippen LogP contribution in [0.5, 0.6) is 0 Å². The number of amides is 1. The van der Waals surface area contributed by atoms with Crippen LogP contribution in [0.1, 0.15) is 63.7 Å². The Morgan fingerprint density at radius 1 is 1.14 bits per heavy atom. The van der Waals surface area contributed by atoms with Gasteiger partial charge in [-0.05, 0) is 61.9 Å². The molecule has 35 heavy (non-hydrogen) atoms. The third-order valence-electron chi connectivity index (χ3n) is 6.78. The van der Waals surface area contributed by atoms with Crippen LogP contribution in [-0.4, -0.2) is 48.7 Å². The summed E-state index contributed by atoms with van der Waals surface area (Å²) in [5.74, 6) is 0.287. The minimum atomic E-state index is -0.233. The van der Waals surface area contributed by atoms with E-state index in [0.717, 1.165) is 48.5 Å². The summed E-state index contributed by atoms with van der Waals surface area (Å²) in [6, 6.07) is 14.7. The highest BCUT2D eigenvalue weighted by molar-refractivity contribution is 7.99. The summed E-state index contributed by atoms with van der Waals surface area (Å²) in [5, 5.41) is 3.08. The number of benzene rings is 2.